The fraction of sp³-hybridized carbons (Fsp3) is 0.200. The van der Waals surface area contributed by atoms with Crippen LogP contribution in [0.1, 0.15) is 11.1 Å². The number of benzene rings is 2. The van der Waals surface area contributed by atoms with E-state index in [-0.39, 0.29) is 12.2 Å². The molecule has 0 spiro atoms. The molecule has 2 aromatic rings. The zero-order valence-corrected chi connectivity index (χ0v) is 12.8. The molecule has 0 aliphatic heterocycles. The summed E-state index contributed by atoms with van der Waals surface area (Å²) < 4.78 is 38.7. The highest BCUT2D eigenvalue weighted by Crippen LogP contribution is 2.27. The number of halogens is 3. The summed E-state index contributed by atoms with van der Waals surface area (Å²) in [6.45, 7) is -0.484. The summed E-state index contributed by atoms with van der Waals surface area (Å²) >= 11 is 3.31. The molecular weight excluding hydrogens is 346 g/mol. The van der Waals surface area contributed by atoms with Crippen molar-refractivity contribution in [2.75, 3.05) is 7.11 Å². The van der Waals surface area contributed by atoms with Gasteiger partial charge in [-0.2, -0.15) is 0 Å². The van der Waals surface area contributed by atoms with Crippen LogP contribution < -0.4 is 9.47 Å². The first-order chi connectivity index (χ1) is 10.0. The Labute approximate surface area is 129 Å². The van der Waals surface area contributed by atoms with Crippen LogP contribution in [0.25, 0.3) is 0 Å². The van der Waals surface area contributed by atoms with E-state index in [9.17, 15) is 8.78 Å². The van der Waals surface area contributed by atoms with Gasteiger partial charge in [0.2, 0.25) is 0 Å². The molecule has 0 radical (unpaired) electrons. The summed E-state index contributed by atoms with van der Waals surface area (Å²) in [7, 11) is 1.50. The van der Waals surface area contributed by atoms with E-state index >= 15 is 0 Å². The van der Waals surface area contributed by atoms with Crippen molar-refractivity contribution in [1.82, 2.24) is 0 Å². The molecule has 0 atom stereocenters. The topological polar surface area (TPSA) is 38.7 Å². The minimum absolute atomic E-state index is 0.0467. The van der Waals surface area contributed by atoms with E-state index in [1.165, 1.54) is 7.11 Å². The van der Waals surface area contributed by atoms with Gasteiger partial charge in [0, 0.05) is 10.0 Å². The molecule has 3 nitrogen and oxygen atoms in total. The number of methoxy groups -OCH3 is 1. The van der Waals surface area contributed by atoms with Gasteiger partial charge in [0.15, 0.2) is 17.4 Å². The maximum atomic E-state index is 13.7. The second kappa shape index (κ2) is 6.87. The highest BCUT2D eigenvalue weighted by molar-refractivity contribution is 9.10. The number of hydrogen-bond acceptors (Lipinski definition) is 3. The third kappa shape index (κ3) is 3.71. The van der Waals surface area contributed by atoms with Crippen LogP contribution in [0.4, 0.5) is 8.78 Å². The van der Waals surface area contributed by atoms with Crippen LogP contribution in [0.3, 0.4) is 0 Å². The molecule has 0 bridgehead atoms. The molecule has 0 aliphatic rings. The maximum Gasteiger partial charge on any atom is 0.191 e. The molecular formula is C15H13BrF2O3. The standard InChI is InChI=1S/C15H13BrF2O3/c1-20-14-3-2-11(16)6-10(14)8-21-15-12(17)4-9(7-19)5-13(15)18/h2-6,19H,7-8H2,1H3. The fourth-order valence-electron chi connectivity index (χ4n) is 1.85. The molecule has 0 amide bonds. The molecule has 0 aromatic heterocycles. The molecule has 0 saturated heterocycles. The Morgan fingerprint density at radius 3 is 2.38 bits per heavy atom. The van der Waals surface area contributed by atoms with E-state index in [0.29, 0.717) is 11.3 Å². The zero-order valence-electron chi connectivity index (χ0n) is 11.2. The summed E-state index contributed by atoms with van der Waals surface area (Å²) in [5.41, 5.74) is 0.800. The number of ether oxygens (including phenoxy) is 2. The van der Waals surface area contributed by atoms with Crippen molar-refractivity contribution >= 4 is 15.9 Å². The van der Waals surface area contributed by atoms with Gasteiger partial charge in [-0.1, -0.05) is 15.9 Å². The fourth-order valence-corrected chi connectivity index (χ4v) is 2.26. The first-order valence-electron chi connectivity index (χ1n) is 6.09. The van der Waals surface area contributed by atoms with Crippen LogP contribution in [0.2, 0.25) is 0 Å². The van der Waals surface area contributed by atoms with E-state index in [1.807, 2.05) is 0 Å². The van der Waals surface area contributed by atoms with E-state index in [2.05, 4.69) is 15.9 Å². The van der Waals surface area contributed by atoms with Crippen LogP contribution >= 0.6 is 15.9 Å². The zero-order chi connectivity index (χ0) is 15.4. The summed E-state index contributed by atoms with van der Waals surface area (Å²) in [4.78, 5) is 0. The van der Waals surface area contributed by atoms with E-state index in [0.717, 1.165) is 16.6 Å². The third-order valence-corrected chi connectivity index (χ3v) is 3.35. The van der Waals surface area contributed by atoms with Gasteiger partial charge in [-0.05, 0) is 35.9 Å². The number of rotatable bonds is 5. The van der Waals surface area contributed by atoms with Gasteiger partial charge in [0.1, 0.15) is 12.4 Å². The molecule has 112 valence electrons. The normalized spacial score (nSPS) is 10.5. The van der Waals surface area contributed by atoms with Gasteiger partial charge >= 0.3 is 0 Å². The number of aliphatic hydroxyl groups excluding tert-OH is 1. The summed E-state index contributed by atoms with van der Waals surface area (Å²) in [5, 5.41) is 8.89. The number of aliphatic hydroxyl groups is 1. The average molecular weight is 359 g/mol. The predicted octanol–water partition coefficient (Wildman–Crippen LogP) is 3.81. The molecule has 1 N–H and O–H groups in total. The van der Waals surface area contributed by atoms with Gasteiger partial charge in [0.25, 0.3) is 0 Å². The van der Waals surface area contributed by atoms with Crippen molar-refractivity contribution < 1.29 is 23.4 Å². The lowest BCUT2D eigenvalue weighted by Gasteiger charge is -2.12. The van der Waals surface area contributed by atoms with Crippen molar-refractivity contribution in [3.63, 3.8) is 0 Å². The molecule has 0 unspecified atom stereocenters. The first-order valence-corrected chi connectivity index (χ1v) is 6.88. The molecule has 21 heavy (non-hydrogen) atoms. The van der Waals surface area contributed by atoms with Crippen molar-refractivity contribution in [2.24, 2.45) is 0 Å². The van der Waals surface area contributed by atoms with Crippen LogP contribution in [0.15, 0.2) is 34.8 Å². The lowest BCUT2D eigenvalue weighted by Crippen LogP contribution is -2.03. The van der Waals surface area contributed by atoms with Gasteiger partial charge < -0.3 is 14.6 Å². The van der Waals surface area contributed by atoms with E-state index in [4.69, 9.17) is 14.6 Å². The second-order valence-electron chi connectivity index (χ2n) is 4.29. The second-order valence-corrected chi connectivity index (χ2v) is 5.21. The molecule has 2 aromatic carbocycles. The lowest BCUT2D eigenvalue weighted by molar-refractivity contribution is 0.262. The molecule has 0 fully saturated rings. The summed E-state index contributed by atoms with van der Waals surface area (Å²) in [5.74, 6) is -1.62. The van der Waals surface area contributed by atoms with Crippen molar-refractivity contribution in [1.29, 1.82) is 0 Å². The molecule has 2 rings (SSSR count). The monoisotopic (exact) mass is 358 g/mol. The summed E-state index contributed by atoms with van der Waals surface area (Å²) in [6, 6.07) is 7.34. The summed E-state index contributed by atoms with van der Waals surface area (Å²) in [6.07, 6.45) is 0. The smallest absolute Gasteiger partial charge is 0.191 e. The minimum atomic E-state index is -0.854. The Kier molecular flexibility index (Phi) is 5.14. The Bertz CT molecular complexity index is 624. The largest absolute Gasteiger partial charge is 0.496 e. The van der Waals surface area contributed by atoms with Gasteiger partial charge in [-0.15, -0.1) is 0 Å². The molecule has 6 heteroatoms. The molecule has 0 aliphatic carbocycles. The number of hydrogen-bond donors (Lipinski definition) is 1. The molecule has 0 saturated carbocycles. The predicted molar refractivity (Wildman–Crippen MR) is 77.3 cm³/mol. The van der Waals surface area contributed by atoms with E-state index < -0.39 is 24.0 Å². The highest BCUT2D eigenvalue weighted by Gasteiger charge is 2.14. The van der Waals surface area contributed by atoms with Crippen LogP contribution in [-0.2, 0) is 13.2 Å². The lowest BCUT2D eigenvalue weighted by atomic mass is 10.2. The Hall–Kier alpha value is -1.66. The average Bonchev–Trinajstić information content (AvgIpc) is 2.46. The first kappa shape index (κ1) is 15.7. The third-order valence-electron chi connectivity index (χ3n) is 2.86. The quantitative estimate of drug-likeness (QED) is 0.883. The van der Waals surface area contributed by atoms with Gasteiger partial charge in [-0.25, -0.2) is 8.78 Å². The SMILES string of the molecule is COc1ccc(Br)cc1COc1c(F)cc(CO)cc1F. The van der Waals surface area contributed by atoms with Crippen molar-refractivity contribution in [3.8, 4) is 11.5 Å². The van der Waals surface area contributed by atoms with Crippen LogP contribution in [0.5, 0.6) is 11.5 Å². The van der Waals surface area contributed by atoms with Gasteiger partial charge in [-0.3, -0.25) is 0 Å². The van der Waals surface area contributed by atoms with Crippen LogP contribution in [0, 0.1) is 11.6 Å². The Morgan fingerprint density at radius 1 is 1.14 bits per heavy atom. The highest BCUT2D eigenvalue weighted by atomic mass is 79.9. The Balaban J connectivity index is 2.22. The van der Waals surface area contributed by atoms with Gasteiger partial charge in [0.05, 0.1) is 13.7 Å². The van der Waals surface area contributed by atoms with Crippen molar-refractivity contribution in [3.05, 3.63) is 57.6 Å². The Morgan fingerprint density at radius 2 is 1.81 bits per heavy atom. The maximum absolute atomic E-state index is 13.7. The van der Waals surface area contributed by atoms with Crippen LogP contribution in [-0.4, -0.2) is 12.2 Å². The van der Waals surface area contributed by atoms with E-state index in [1.54, 1.807) is 18.2 Å². The van der Waals surface area contributed by atoms with Crippen molar-refractivity contribution in [2.45, 2.75) is 13.2 Å². The molecule has 0 heterocycles. The minimum Gasteiger partial charge on any atom is -0.496 e.